The highest BCUT2D eigenvalue weighted by Crippen LogP contribution is 2.04. The van der Waals surface area contributed by atoms with Crippen molar-refractivity contribution >= 4 is 6.29 Å². The van der Waals surface area contributed by atoms with Crippen LogP contribution in [-0.4, -0.2) is 6.29 Å². The van der Waals surface area contributed by atoms with Gasteiger partial charge >= 0.3 is 0 Å². The number of rotatable bonds is 1. The van der Waals surface area contributed by atoms with Gasteiger partial charge < -0.3 is 4.42 Å². The topological polar surface area (TPSA) is 30.2 Å². The fourth-order valence-electron chi connectivity index (χ4n) is 1.15. The fraction of sp³-hybridized carbons (Fsp3) is 0. The van der Waals surface area contributed by atoms with E-state index >= 15 is 0 Å². The molecule has 0 N–H and O–H groups in total. The van der Waals surface area contributed by atoms with Gasteiger partial charge in [-0.25, -0.2) is 0 Å². The zero-order valence-corrected chi connectivity index (χ0v) is 7.94. The van der Waals surface area contributed by atoms with E-state index in [0.29, 0.717) is 17.6 Å². The minimum Gasteiger partial charge on any atom is -0.460 e. The van der Waals surface area contributed by atoms with Gasteiger partial charge in [-0.15, -0.1) is 0 Å². The van der Waals surface area contributed by atoms with Crippen LogP contribution in [0, 0.1) is 11.8 Å². The summed E-state index contributed by atoms with van der Waals surface area (Å²) < 4.78 is 4.93. The van der Waals surface area contributed by atoms with Gasteiger partial charge in [0.1, 0.15) is 6.26 Å². The first-order valence-electron chi connectivity index (χ1n) is 4.49. The molecule has 72 valence electrons. The summed E-state index contributed by atoms with van der Waals surface area (Å²) in [6.07, 6.45) is 2.13. The summed E-state index contributed by atoms with van der Waals surface area (Å²) in [6.45, 7) is 0. The summed E-state index contributed by atoms with van der Waals surface area (Å²) in [4.78, 5) is 10.4. The molecule has 1 heterocycles. The van der Waals surface area contributed by atoms with Crippen LogP contribution in [0.2, 0.25) is 0 Å². The monoisotopic (exact) mass is 196 g/mol. The second-order valence-corrected chi connectivity index (χ2v) is 2.97. The van der Waals surface area contributed by atoms with Gasteiger partial charge in [0.25, 0.3) is 0 Å². The van der Waals surface area contributed by atoms with Gasteiger partial charge in [-0.2, -0.15) is 0 Å². The van der Waals surface area contributed by atoms with E-state index in [2.05, 4.69) is 11.8 Å². The number of benzene rings is 1. The van der Waals surface area contributed by atoms with Gasteiger partial charge in [0.05, 0.1) is 5.56 Å². The fourth-order valence-corrected chi connectivity index (χ4v) is 1.15. The number of carbonyl (C=O) groups excluding carboxylic acids is 1. The summed E-state index contributed by atoms with van der Waals surface area (Å²) >= 11 is 0. The van der Waals surface area contributed by atoms with Crippen LogP contribution < -0.4 is 0 Å². The van der Waals surface area contributed by atoms with Crippen molar-refractivity contribution in [1.29, 1.82) is 0 Å². The summed E-state index contributed by atoms with van der Waals surface area (Å²) in [5, 5.41) is 0. The SMILES string of the molecule is O=Cc1cc(C#Cc2ccccc2)co1. The molecular formula is C13H8O2. The molecule has 2 aromatic rings. The van der Waals surface area contributed by atoms with Crippen molar-refractivity contribution in [3.05, 3.63) is 59.5 Å². The van der Waals surface area contributed by atoms with Crippen molar-refractivity contribution in [3.63, 3.8) is 0 Å². The molecule has 15 heavy (non-hydrogen) atoms. The van der Waals surface area contributed by atoms with Crippen LogP contribution in [0.3, 0.4) is 0 Å². The molecule has 0 saturated heterocycles. The number of hydrogen-bond acceptors (Lipinski definition) is 2. The Bertz CT molecular complexity index is 512. The molecule has 0 aliphatic heterocycles. The van der Waals surface area contributed by atoms with Crippen LogP contribution in [-0.2, 0) is 0 Å². The normalized spacial score (nSPS) is 9.07. The number of hydrogen-bond donors (Lipinski definition) is 0. The molecule has 2 rings (SSSR count). The van der Waals surface area contributed by atoms with E-state index in [1.54, 1.807) is 6.07 Å². The second kappa shape index (κ2) is 4.30. The lowest BCUT2D eigenvalue weighted by atomic mass is 10.2. The van der Waals surface area contributed by atoms with Gasteiger partial charge in [-0.1, -0.05) is 30.0 Å². The average Bonchev–Trinajstić information content (AvgIpc) is 2.76. The molecular weight excluding hydrogens is 188 g/mol. The lowest BCUT2D eigenvalue weighted by molar-refractivity contribution is 0.110. The lowest BCUT2D eigenvalue weighted by Gasteiger charge is -1.84. The van der Waals surface area contributed by atoms with E-state index in [-0.39, 0.29) is 0 Å². The molecule has 0 aliphatic carbocycles. The summed E-state index contributed by atoms with van der Waals surface area (Å²) in [5.41, 5.74) is 1.65. The maximum atomic E-state index is 10.4. The van der Waals surface area contributed by atoms with E-state index in [0.717, 1.165) is 5.56 Å². The number of carbonyl (C=O) groups is 1. The van der Waals surface area contributed by atoms with Crippen LogP contribution in [0.4, 0.5) is 0 Å². The first-order valence-corrected chi connectivity index (χ1v) is 4.49. The van der Waals surface area contributed by atoms with E-state index in [1.807, 2.05) is 30.3 Å². The Labute approximate surface area is 87.5 Å². The predicted molar refractivity (Wildman–Crippen MR) is 56.5 cm³/mol. The van der Waals surface area contributed by atoms with Gasteiger partial charge in [0.15, 0.2) is 12.0 Å². The quantitative estimate of drug-likeness (QED) is 0.518. The Kier molecular flexibility index (Phi) is 2.66. The lowest BCUT2D eigenvalue weighted by Crippen LogP contribution is -1.72. The Morgan fingerprint density at radius 1 is 1.07 bits per heavy atom. The Morgan fingerprint density at radius 2 is 1.80 bits per heavy atom. The maximum Gasteiger partial charge on any atom is 0.185 e. The molecule has 0 fully saturated rings. The van der Waals surface area contributed by atoms with Crippen LogP contribution in [0.1, 0.15) is 21.7 Å². The van der Waals surface area contributed by atoms with Crippen molar-refractivity contribution in [1.82, 2.24) is 0 Å². The van der Waals surface area contributed by atoms with Crippen molar-refractivity contribution in [2.75, 3.05) is 0 Å². The summed E-state index contributed by atoms with van der Waals surface area (Å²) in [7, 11) is 0. The smallest absolute Gasteiger partial charge is 0.185 e. The average molecular weight is 196 g/mol. The van der Waals surface area contributed by atoms with Crippen LogP contribution in [0.25, 0.3) is 0 Å². The molecule has 0 radical (unpaired) electrons. The third-order valence-corrected chi connectivity index (χ3v) is 1.86. The maximum absolute atomic E-state index is 10.4. The molecule has 0 saturated carbocycles. The van der Waals surface area contributed by atoms with Gasteiger partial charge in [-0.3, -0.25) is 4.79 Å². The van der Waals surface area contributed by atoms with E-state index in [1.165, 1.54) is 6.26 Å². The van der Waals surface area contributed by atoms with Crippen molar-refractivity contribution < 1.29 is 9.21 Å². The summed E-state index contributed by atoms with van der Waals surface area (Å²) in [6, 6.07) is 11.3. The third-order valence-electron chi connectivity index (χ3n) is 1.86. The molecule has 0 spiro atoms. The van der Waals surface area contributed by atoms with Crippen LogP contribution >= 0.6 is 0 Å². The number of furan rings is 1. The van der Waals surface area contributed by atoms with E-state index in [9.17, 15) is 4.79 Å². The number of aldehydes is 1. The molecule has 1 aromatic carbocycles. The first kappa shape index (κ1) is 9.29. The molecule has 2 nitrogen and oxygen atoms in total. The highest BCUT2D eigenvalue weighted by molar-refractivity contribution is 5.71. The van der Waals surface area contributed by atoms with Crippen molar-refractivity contribution in [2.24, 2.45) is 0 Å². The van der Waals surface area contributed by atoms with Crippen molar-refractivity contribution in [2.45, 2.75) is 0 Å². The first-order chi connectivity index (χ1) is 7.38. The van der Waals surface area contributed by atoms with Gasteiger partial charge in [-0.05, 0) is 12.1 Å². The molecule has 0 atom stereocenters. The van der Waals surface area contributed by atoms with Gasteiger partial charge in [0, 0.05) is 11.6 Å². The van der Waals surface area contributed by atoms with Crippen LogP contribution in [0.5, 0.6) is 0 Å². The van der Waals surface area contributed by atoms with E-state index < -0.39 is 0 Å². The molecule has 1 aromatic heterocycles. The van der Waals surface area contributed by atoms with E-state index in [4.69, 9.17) is 4.42 Å². The third kappa shape index (κ3) is 2.35. The van der Waals surface area contributed by atoms with Crippen LogP contribution in [0.15, 0.2) is 47.1 Å². The zero-order valence-electron chi connectivity index (χ0n) is 7.94. The predicted octanol–water partition coefficient (Wildman–Crippen LogP) is 2.49. The largest absolute Gasteiger partial charge is 0.460 e. The minimum atomic E-state index is 0.298. The van der Waals surface area contributed by atoms with Crippen molar-refractivity contribution in [3.8, 4) is 11.8 Å². The highest BCUT2D eigenvalue weighted by Gasteiger charge is 1.95. The zero-order chi connectivity index (χ0) is 10.5. The molecule has 2 heteroatoms. The minimum absolute atomic E-state index is 0.298. The summed E-state index contributed by atoms with van der Waals surface area (Å²) in [5.74, 6) is 6.18. The molecule has 0 amide bonds. The Balaban J connectivity index is 2.22. The standard InChI is InChI=1S/C13H8O2/c14-9-13-8-12(10-15-13)7-6-11-4-2-1-3-5-11/h1-5,8-10H. The highest BCUT2D eigenvalue weighted by atomic mass is 16.3. The Morgan fingerprint density at radius 3 is 2.47 bits per heavy atom. The van der Waals surface area contributed by atoms with Gasteiger partial charge in [0.2, 0.25) is 0 Å². The molecule has 0 aliphatic rings. The molecule has 0 bridgehead atoms. The molecule has 0 unspecified atom stereocenters. The Hall–Kier alpha value is -2.27. The second-order valence-electron chi connectivity index (χ2n) is 2.97.